The highest BCUT2D eigenvalue weighted by molar-refractivity contribution is 5.97. The number of nitrogens with zero attached hydrogens (tertiary/aromatic N) is 1. The third-order valence-corrected chi connectivity index (χ3v) is 5.18. The van der Waals surface area contributed by atoms with Gasteiger partial charge in [0.2, 0.25) is 5.91 Å². The minimum Gasteiger partial charge on any atom is -0.366 e. The van der Waals surface area contributed by atoms with E-state index >= 15 is 0 Å². The summed E-state index contributed by atoms with van der Waals surface area (Å²) in [6.45, 7) is 2.05. The number of rotatable bonds is 6. The Labute approximate surface area is 179 Å². The molecule has 0 spiro atoms. The molecule has 2 heterocycles. The van der Waals surface area contributed by atoms with Gasteiger partial charge in [-0.05, 0) is 42.0 Å². The van der Waals surface area contributed by atoms with Gasteiger partial charge in [0.25, 0.3) is 5.91 Å². The SMILES string of the molecule is NC(=O)c1ccc2ccc(NCc3ccc(C(=O)NC4NCCNC4N)cc3)nc2c1. The zero-order chi connectivity index (χ0) is 21.8. The summed E-state index contributed by atoms with van der Waals surface area (Å²) >= 11 is 0. The summed E-state index contributed by atoms with van der Waals surface area (Å²) in [6, 6.07) is 16.3. The van der Waals surface area contributed by atoms with E-state index in [0.717, 1.165) is 24.0 Å². The molecule has 0 bridgehead atoms. The lowest BCUT2D eigenvalue weighted by Crippen LogP contribution is -2.66. The molecular weight excluding hydrogens is 394 g/mol. The van der Waals surface area contributed by atoms with Crippen molar-refractivity contribution >= 4 is 28.5 Å². The second kappa shape index (κ2) is 9.09. The average Bonchev–Trinajstić information content (AvgIpc) is 2.79. The summed E-state index contributed by atoms with van der Waals surface area (Å²) in [4.78, 5) is 28.4. The van der Waals surface area contributed by atoms with Crippen LogP contribution in [0.5, 0.6) is 0 Å². The zero-order valence-corrected chi connectivity index (χ0v) is 16.9. The van der Waals surface area contributed by atoms with Crippen molar-refractivity contribution in [1.29, 1.82) is 0 Å². The number of primary amides is 1. The number of benzene rings is 2. The van der Waals surface area contributed by atoms with Gasteiger partial charge in [0.15, 0.2) is 0 Å². The van der Waals surface area contributed by atoms with Gasteiger partial charge < -0.3 is 22.1 Å². The van der Waals surface area contributed by atoms with Crippen molar-refractivity contribution in [3.05, 3.63) is 71.3 Å². The number of pyridine rings is 1. The first-order valence-electron chi connectivity index (χ1n) is 10.1. The fourth-order valence-electron chi connectivity index (χ4n) is 3.41. The summed E-state index contributed by atoms with van der Waals surface area (Å²) in [6.07, 6.45) is -0.633. The number of amides is 2. The fourth-order valence-corrected chi connectivity index (χ4v) is 3.41. The normalized spacial score (nSPS) is 18.5. The van der Waals surface area contributed by atoms with Crippen LogP contribution in [0.15, 0.2) is 54.6 Å². The third kappa shape index (κ3) is 4.97. The summed E-state index contributed by atoms with van der Waals surface area (Å²) < 4.78 is 0. The van der Waals surface area contributed by atoms with Gasteiger partial charge in [-0.3, -0.25) is 20.2 Å². The maximum Gasteiger partial charge on any atom is 0.252 e. The first kappa shape index (κ1) is 20.7. The number of carbonyl (C=O) groups is 2. The minimum atomic E-state index is -0.483. The van der Waals surface area contributed by atoms with Gasteiger partial charge in [-0.1, -0.05) is 18.2 Å². The Morgan fingerprint density at radius 1 is 1.00 bits per heavy atom. The lowest BCUT2D eigenvalue weighted by atomic mass is 10.1. The van der Waals surface area contributed by atoms with Crippen LogP contribution in [-0.4, -0.2) is 42.2 Å². The number of anilines is 1. The predicted octanol–water partition coefficient (Wildman–Crippen LogP) is 0.479. The lowest BCUT2D eigenvalue weighted by molar-refractivity contribution is 0.0909. The number of fused-ring (bicyclic) bond motifs is 1. The molecule has 3 aromatic rings. The van der Waals surface area contributed by atoms with Crippen molar-refractivity contribution in [3.63, 3.8) is 0 Å². The van der Waals surface area contributed by atoms with E-state index in [1.165, 1.54) is 0 Å². The van der Waals surface area contributed by atoms with Crippen molar-refractivity contribution in [3.8, 4) is 0 Å². The molecule has 2 atom stereocenters. The number of piperazine rings is 1. The van der Waals surface area contributed by atoms with E-state index in [0.29, 0.717) is 29.0 Å². The lowest BCUT2D eigenvalue weighted by Gasteiger charge is -2.31. The standard InChI is InChI=1S/C22H25N7O2/c23-19-21(26-10-9-25-19)29-22(31)15-3-1-13(2-4-15)12-27-18-8-7-14-5-6-16(20(24)30)11-17(14)28-18/h1-8,11,19,21,25-26H,9-10,12,23H2,(H2,24,30)(H,27,28)(H,29,31). The van der Waals surface area contributed by atoms with Crippen molar-refractivity contribution in [2.75, 3.05) is 18.4 Å². The van der Waals surface area contributed by atoms with Gasteiger partial charge in [-0.2, -0.15) is 0 Å². The highest BCUT2D eigenvalue weighted by atomic mass is 16.2. The topological polar surface area (TPSA) is 147 Å². The first-order valence-corrected chi connectivity index (χ1v) is 10.1. The molecule has 2 aromatic carbocycles. The number of carbonyl (C=O) groups excluding carboxylic acids is 2. The fraction of sp³-hybridized carbons (Fsp3) is 0.227. The van der Waals surface area contributed by atoms with Crippen LogP contribution in [0.2, 0.25) is 0 Å². The van der Waals surface area contributed by atoms with Crippen molar-refractivity contribution in [1.82, 2.24) is 20.9 Å². The monoisotopic (exact) mass is 419 g/mol. The molecule has 4 rings (SSSR count). The summed E-state index contributed by atoms with van der Waals surface area (Å²) in [5, 5.41) is 13.4. The largest absolute Gasteiger partial charge is 0.366 e. The van der Waals surface area contributed by atoms with E-state index in [9.17, 15) is 9.59 Å². The third-order valence-electron chi connectivity index (χ3n) is 5.18. The van der Waals surface area contributed by atoms with Crippen molar-refractivity contribution < 1.29 is 9.59 Å². The number of nitrogens with two attached hydrogens (primary N) is 2. The van der Waals surface area contributed by atoms with Crippen LogP contribution in [0.4, 0.5) is 5.82 Å². The second-order valence-corrected chi connectivity index (χ2v) is 7.40. The Morgan fingerprint density at radius 2 is 1.71 bits per heavy atom. The summed E-state index contributed by atoms with van der Waals surface area (Å²) in [7, 11) is 0. The van der Waals surface area contributed by atoms with Gasteiger partial charge in [0, 0.05) is 36.1 Å². The van der Waals surface area contributed by atoms with Gasteiger partial charge in [0.05, 0.1) is 11.7 Å². The molecule has 1 aliphatic heterocycles. The first-order chi connectivity index (χ1) is 15.0. The van der Waals surface area contributed by atoms with Gasteiger partial charge in [0.1, 0.15) is 12.0 Å². The molecule has 31 heavy (non-hydrogen) atoms. The van der Waals surface area contributed by atoms with Crippen LogP contribution in [-0.2, 0) is 6.54 Å². The molecule has 0 saturated carbocycles. The predicted molar refractivity (Wildman–Crippen MR) is 119 cm³/mol. The molecule has 0 radical (unpaired) electrons. The summed E-state index contributed by atoms with van der Waals surface area (Å²) in [5.41, 5.74) is 14.0. The molecule has 160 valence electrons. The van der Waals surface area contributed by atoms with E-state index < -0.39 is 5.91 Å². The highest BCUT2D eigenvalue weighted by Crippen LogP contribution is 2.17. The molecule has 2 amide bonds. The van der Waals surface area contributed by atoms with E-state index in [-0.39, 0.29) is 18.2 Å². The number of hydrogen-bond donors (Lipinski definition) is 6. The minimum absolute atomic E-state index is 0.183. The molecule has 0 aliphatic carbocycles. The van der Waals surface area contributed by atoms with Gasteiger partial charge in [-0.15, -0.1) is 0 Å². The molecule has 9 nitrogen and oxygen atoms in total. The van der Waals surface area contributed by atoms with Gasteiger partial charge in [-0.25, -0.2) is 4.98 Å². The van der Waals surface area contributed by atoms with Crippen LogP contribution in [0.25, 0.3) is 10.9 Å². The number of nitrogens with one attached hydrogen (secondary N) is 4. The number of aromatic nitrogens is 1. The van der Waals surface area contributed by atoms with Crippen LogP contribution in [0.1, 0.15) is 26.3 Å². The molecule has 1 saturated heterocycles. The van der Waals surface area contributed by atoms with E-state index in [1.807, 2.05) is 30.3 Å². The molecular formula is C22H25N7O2. The summed E-state index contributed by atoms with van der Waals surface area (Å²) in [5.74, 6) is 0.0158. The Morgan fingerprint density at radius 3 is 2.45 bits per heavy atom. The Kier molecular flexibility index (Phi) is 6.08. The second-order valence-electron chi connectivity index (χ2n) is 7.40. The molecule has 1 aromatic heterocycles. The Hall–Kier alpha value is -3.53. The maximum absolute atomic E-state index is 12.5. The molecule has 8 N–H and O–H groups in total. The Bertz CT molecular complexity index is 1100. The van der Waals surface area contributed by atoms with E-state index in [2.05, 4.69) is 26.3 Å². The molecule has 2 unspecified atom stereocenters. The molecule has 1 aliphatic rings. The smallest absolute Gasteiger partial charge is 0.252 e. The van der Waals surface area contributed by atoms with Crippen molar-refractivity contribution in [2.45, 2.75) is 18.9 Å². The highest BCUT2D eigenvalue weighted by Gasteiger charge is 2.22. The average molecular weight is 419 g/mol. The van der Waals surface area contributed by atoms with Crippen LogP contribution in [0.3, 0.4) is 0 Å². The maximum atomic E-state index is 12.5. The van der Waals surface area contributed by atoms with E-state index in [4.69, 9.17) is 11.5 Å². The number of hydrogen-bond acceptors (Lipinski definition) is 7. The van der Waals surface area contributed by atoms with Crippen LogP contribution in [0, 0.1) is 0 Å². The van der Waals surface area contributed by atoms with Crippen molar-refractivity contribution in [2.24, 2.45) is 11.5 Å². The van der Waals surface area contributed by atoms with E-state index in [1.54, 1.807) is 24.3 Å². The Balaban J connectivity index is 1.37. The van der Waals surface area contributed by atoms with Crippen LogP contribution < -0.4 is 32.7 Å². The van der Waals surface area contributed by atoms with Gasteiger partial charge >= 0.3 is 0 Å². The molecule has 9 heteroatoms. The zero-order valence-electron chi connectivity index (χ0n) is 16.9. The quantitative estimate of drug-likeness (QED) is 0.340. The molecule has 1 fully saturated rings. The van der Waals surface area contributed by atoms with Crippen LogP contribution >= 0.6 is 0 Å².